The average Bonchev–Trinajstić information content (AvgIpc) is 1.74. The lowest BCUT2D eigenvalue weighted by molar-refractivity contribution is 0.134. The van der Waals surface area contributed by atoms with Crippen molar-refractivity contribution in [1.82, 2.24) is 5.32 Å². The van der Waals surface area contributed by atoms with Gasteiger partial charge in [0, 0.05) is 11.2 Å². The highest BCUT2D eigenvalue weighted by atomic mass is 16.3. The molecule has 82 valence electrons. The summed E-state index contributed by atoms with van der Waals surface area (Å²) in [6.45, 7) is 10.8. The first-order chi connectivity index (χ1) is 6.18. The second-order valence-corrected chi connectivity index (χ2v) is 6.18. The van der Waals surface area contributed by atoms with Crippen LogP contribution in [0.15, 0.2) is 11.8 Å². The molecule has 0 aliphatic heterocycles. The van der Waals surface area contributed by atoms with Crippen LogP contribution in [0, 0.1) is 5.41 Å². The number of rotatable bonds is 1. The molecule has 1 unspecified atom stereocenters. The topological polar surface area (TPSA) is 32.3 Å². The molecule has 2 N–H and O–H groups in total. The fraction of sp³-hybridized carbons (Fsp3) is 0.833. The Morgan fingerprint density at radius 3 is 2.43 bits per heavy atom. The fourth-order valence-corrected chi connectivity index (χ4v) is 2.07. The second-order valence-electron chi connectivity index (χ2n) is 6.18. The molecule has 0 bridgehead atoms. The van der Waals surface area contributed by atoms with Crippen LogP contribution in [0.25, 0.3) is 0 Å². The van der Waals surface area contributed by atoms with Crippen molar-refractivity contribution in [3.63, 3.8) is 0 Å². The zero-order valence-corrected chi connectivity index (χ0v) is 10.0. The van der Waals surface area contributed by atoms with E-state index < -0.39 is 0 Å². The van der Waals surface area contributed by atoms with E-state index in [9.17, 15) is 5.11 Å². The smallest absolute Gasteiger partial charge is 0.0745 e. The summed E-state index contributed by atoms with van der Waals surface area (Å²) in [4.78, 5) is 0. The average molecular weight is 197 g/mol. The van der Waals surface area contributed by atoms with E-state index in [0.717, 1.165) is 12.8 Å². The van der Waals surface area contributed by atoms with E-state index in [1.807, 2.05) is 6.08 Å². The van der Waals surface area contributed by atoms with Crippen molar-refractivity contribution in [3.05, 3.63) is 11.8 Å². The van der Waals surface area contributed by atoms with Gasteiger partial charge >= 0.3 is 0 Å². The van der Waals surface area contributed by atoms with Crippen molar-refractivity contribution >= 4 is 0 Å². The molecule has 2 heteroatoms. The quantitative estimate of drug-likeness (QED) is 0.676. The van der Waals surface area contributed by atoms with Crippen LogP contribution >= 0.6 is 0 Å². The number of nitrogens with one attached hydrogen (secondary N) is 1. The standard InChI is InChI=1S/C12H23NO/c1-11(2,3)13-9-6-10(14)8-12(4,5)7-9/h6,10,13-14H,7-8H2,1-5H3. The van der Waals surface area contributed by atoms with Crippen LogP contribution in [0.4, 0.5) is 0 Å². The van der Waals surface area contributed by atoms with Gasteiger partial charge in [0.25, 0.3) is 0 Å². The first-order valence-corrected chi connectivity index (χ1v) is 5.35. The van der Waals surface area contributed by atoms with E-state index >= 15 is 0 Å². The van der Waals surface area contributed by atoms with Gasteiger partial charge in [0.15, 0.2) is 0 Å². The van der Waals surface area contributed by atoms with Crippen LogP contribution in [0.1, 0.15) is 47.5 Å². The minimum Gasteiger partial charge on any atom is -0.389 e. The fourth-order valence-electron chi connectivity index (χ4n) is 2.07. The third-order valence-electron chi connectivity index (χ3n) is 2.36. The summed E-state index contributed by atoms with van der Waals surface area (Å²) in [7, 11) is 0. The maximum Gasteiger partial charge on any atom is 0.0745 e. The van der Waals surface area contributed by atoms with Crippen molar-refractivity contribution < 1.29 is 5.11 Å². The molecule has 1 atom stereocenters. The van der Waals surface area contributed by atoms with Gasteiger partial charge in [-0.3, -0.25) is 0 Å². The van der Waals surface area contributed by atoms with Crippen molar-refractivity contribution in [2.75, 3.05) is 0 Å². The minimum atomic E-state index is -0.288. The number of aliphatic hydroxyl groups excluding tert-OH is 1. The first kappa shape index (κ1) is 11.6. The Hall–Kier alpha value is -0.500. The molecule has 14 heavy (non-hydrogen) atoms. The summed E-state index contributed by atoms with van der Waals surface area (Å²) in [6.07, 6.45) is 3.56. The number of hydrogen-bond acceptors (Lipinski definition) is 2. The molecule has 0 spiro atoms. The summed E-state index contributed by atoms with van der Waals surface area (Å²) in [6, 6.07) is 0. The molecular formula is C12H23NO. The zero-order chi connectivity index (χ0) is 11.0. The predicted molar refractivity (Wildman–Crippen MR) is 60.0 cm³/mol. The van der Waals surface area contributed by atoms with Crippen LogP contribution < -0.4 is 5.32 Å². The van der Waals surface area contributed by atoms with E-state index in [1.165, 1.54) is 5.70 Å². The largest absolute Gasteiger partial charge is 0.389 e. The summed E-state index contributed by atoms with van der Waals surface area (Å²) in [5.41, 5.74) is 1.47. The van der Waals surface area contributed by atoms with Crippen LogP contribution in [0.2, 0.25) is 0 Å². The summed E-state index contributed by atoms with van der Waals surface area (Å²) < 4.78 is 0. The molecule has 0 radical (unpaired) electrons. The Morgan fingerprint density at radius 2 is 2.00 bits per heavy atom. The van der Waals surface area contributed by atoms with E-state index in [2.05, 4.69) is 39.9 Å². The van der Waals surface area contributed by atoms with Gasteiger partial charge in [0.1, 0.15) is 0 Å². The van der Waals surface area contributed by atoms with Crippen molar-refractivity contribution in [3.8, 4) is 0 Å². The van der Waals surface area contributed by atoms with Crippen LogP contribution in [0.5, 0.6) is 0 Å². The predicted octanol–water partition coefficient (Wildman–Crippen LogP) is 2.44. The van der Waals surface area contributed by atoms with E-state index in [-0.39, 0.29) is 17.1 Å². The van der Waals surface area contributed by atoms with Gasteiger partial charge in [-0.25, -0.2) is 0 Å². The molecular weight excluding hydrogens is 174 g/mol. The molecule has 0 fully saturated rings. The number of allylic oxidation sites excluding steroid dienone is 1. The first-order valence-electron chi connectivity index (χ1n) is 5.35. The van der Waals surface area contributed by atoms with Crippen LogP contribution in [0.3, 0.4) is 0 Å². The second kappa shape index (κ2) is 3.58. The van der Waals surface area contributed by atoms with Gasteiger partial charge in [0.05, 0.1) is 6.10 Å². The maximum absolute atomic E-state index is 9.70. The molecule has 0 aromatic heterocycles. The van der Waals surface area contributed by atoms with Crippen LogP contribution in [-0.2, 0) is 0 Å². The van der Waals surface area contributed by atoms with Crippen molar-refractivity contribution in [1.29, 1.82) is 0 Å². The van der Waals surface area contributed by atoms with Gasteiger partial charge in [-0.05, 0) is 45.1 Å². The third kappa shape index (κ3) is 3.70. The Bertz CT molecular complexity index is 235. The Kier molecular flexibility index (Phi) is 2.96. The van der Waals surface area contributed by atoms with Crippen molar-refractivity contribution in [2.45, 2.75) is 59.1 Å². The Balaban J connectivity index is 2.70. The molecule has 0 aromatic rings. The molecule has 0 saturated carbocycles. The number of hydrogen-bond donors (Lipinski definition) is 2. The minimum absolute atomic E-state index is 0.0823. The lowest BCUT2D eigenvalue weighted by atomic mass is 9.78. The highest BCUT2D eigenvalue weighted by molar-refractivity contribution is 5.12. The summed E-state index contributed by atoms with van der Waals surface area (Å²) in [5.74, 6) is 0. The molecule has 0 amide bonds. The normalized spacial score (nSPS) is 27.0. The highest BCUT2D eigenvalue weighted by Gasteiger charge is 2.28. The van der Waals surface area contributed by atoms with E-state index in [4.69, 9.17) is 0 Å². The van der Waals surface area contributed by atoms with Gasteiger partial charge in [-0.2, -0.15) is 0 Å². The lowest BCUT2D eigenvalue weighted by Gasteiger charge is -2.36. The molecule has 1 aliphatic rings. The SMILES string of the molecule is CC1(C)CC(NC(C)(C)C)=CC(O)C1. The van der Waals surface area contributed by atoms with Gasteiger partial charge in [-0.1, -0.05) is 13.8 Å². The molecule has 1 rings (SSSR count). The Morgan fingerprint density at radius 1 is 1.43 bits per heavy atom. The maximum atomic E-state index is 9.70. The summed E-state index contributed by atoms with van der Waals surface area (Å²) >= 11 is 0. The van der Waals surface area contributed by atoms with Gasteiger partial charge in [0.2, 0.25) is 0 Å². The highest BCUT2D eigenvalue weighted by Crippen LogP contribution is 2.34. The lowest BCUT2D eigenvalue weighted by Crippen LogP contribution is -2.39. The van der Waals surface area contributed by atoms with Gasteiger partial charge < -0.3 is 10.4 Å². The third-order valence-corrected chi connectivity index (χ3v) is 2.36. The molecule has 0 heterocycles. The monoisotopic (exact) mass is 197 g/mol. The molecule has 0 saturated heterocycles. The summed E-state index contributed by atoms with van der Waals surface area (Å²) in [5, 5.41) is 13.1. The van der Waals surface area contributed by atoms with Crippen molar-refractivity contribution in [2.24, 2.45) is 5.41 Å². The van der Waals surface area contributed by atoms with Crippen LogP contribution in [-0.4, -0.2) is 16.7 Å². The molecule has 1 aliphatic carbocycles. The van der Waals surface area contributed by atoms with E-state index in [1.54, 1.807) is 0 Å². The Labute approximate surface area is 87.4 Å². The number of aliphatic hydroxyl groups is 1. The van der Waals surface area contributed by atoms with E-state index in [0.29, 0.717) is 0 Å². The molecule has 2 nitrogen and oxygen atoms in total. The zero-order valence-electron chi connectivity index (χ0n) is 10.0. The van der Waals surface area contributed by atoms with Gasteiger partial charge in [-0.15, -0.1) is 0 Å². The molecule has 0 aromatic carbocycles.